The van der Waals surface area contributed by atoms with Gasteiger partial charge in [0.2, 0.25) is 0 Å². The Bertz CT molecular complexity index is 690. The SMILES string of the molecule is C[C@H]1CCCN(c2c(C#N)cnc3ccc(Cl)cc23)C1. The third-order valence-corrected chi connectivity index (χ3v) is 4.13. The van der Waals surface area contributed by atoms with Gasteiger partial charge in [-0.05, 0) is 37.0 Å². The molecule has 20 heavy (non-hydrogen) atoms. The molecule has 0 bridgehead atoms. The molecule has 1 aliphatic rings. The summed E-state index contributed by atoms with van der Waals surface area (Å²) in [5.41, 5.74) is 2.52. The van der Waals surface area contributed by atoms with E-state index in [4.69, 9.17) is 11.6 Å². The zero-order chi connectivity index (χ0) is 14.1. The third-order valence-electron chi connectivity index (χ3n) is 3.90. The molecular weight excluding hydrogens is 270 g/mol. The summed E-state index contributed by atoms with van der Waals surface area (Å²) in [6.07, 6.45) is 4.09. The van der Waals surface area contributed by atoms with Crippen molar-refractivity contribution in [2.45, 2.75) is 19.8 Å². The van der Waals surface area contributed by atoms with Crippen molar-refractivity contribution in [2.75, 3.05) is 18.0 Å². The van der Waals surface area contributed by atoms with E-state index in [1.54, 1.807) is 6.20 Å². The van der Waals surface area contributed by atoms with E-state index in [9.17, 15) is 5.26 Å². The summed E-state index contributed by atoms with van der Waals surface area (Å²) in [5.74, 6) is 0.651. The highest BCUT2D eigenvalue weighted by Gasteiger charge is 2.21. The molecule has 3 rings (SSSR count). The fraction of sp³-hybridized carbons (Fsp3) is 0.375. The lowest BCUT2D eigenvalue weighted by molar-refractivity contribution is 0.447. The maximum absolute atomic E-state index is 9.39. The first-order chi connectivity index (χ1) is 9.69. The van der Waals surface area contributed by atoms with Crippen molar-refractivity contribution in [3.63, 3.8) is 0 Å². The number of nitriles is 1. The molecule has 102 valence electrons. The molecule has 2 aromatic rings. The zero-order valence-corrected chi connectivity index (χ0v) is 12.2. The number of halogens is 1. The predicted octanol–water partition coefficient (Wildman–Crippen LogP) is 4.00. The highest BCUT2D eigenvalue weighted by molar-refractivity contribution is 6.31. The number of hydrogen-bond donors (Lipinski definition) is 0. The van der Waals surface area contributed by atoms with Crippen LogP contribution < -0.4 is 4.90 Å². The van der Waals surface area contributed by atoms with E-state index >= 15 is 0 Å². The van der Waals surface area contributed by atoms with Crippen LogP contribution in [-0.4, -0.2) is 18.1 Å². The van der Waals surface area contributed by atoms with Gasteiger partial charge in [-0.3, -0.25) is 4.98 Å². The number of rotatable bonds is 1. The van der Waals surface area contributed by atoms with Gasteiger partial charge in [-0.25, -0.2) is 0 Å². The Hall–Kier alpha value is -1.79. The van der Waals surface area contributed by atoms with Crippen LogP contribution in [0.25, 0.3) is 10.9 Å². The Kier molecular flexibility index (Phi) is 3.50. The Balaban J connectivity index is 2.20. The second kappa shape index (κ2) is 5.30. The van der Waals surface area contributed by atoms with Crippen molar-refractivity contribution >= 4 is 28.2 Å². The van der Waals surface area contributed by atoms with Gasteiger partial charge in [0.25, 0.3) is 0 Å². The van der Waals surface area contributed by atoms with Gasteiger partial charge in [-0.15, -0.1) is 0 Å². The Labute approximate surface area is 123 Å². The Morgan fingerprint density at radius 3 is 3.05 bits per heavy atom. The van der Waals surface area contributed by atoms with Crippen LogP contribution in [0.3, 0.4) is 0 Å². The average Bonchev–Trinajstić information content (AvgIpc) is 2.45. The molecule has 0 N–H and O–H groups in total. The molecule has 0 amide bonds. The van der Waals surface area contributed by atoms with E-state index in [1.165, 1.54) is 6.42 Å². The monoisotopic (exact) mass is 285 g/mol. The summed E-state index contributed by atoms with van der Waals surface area (Å²) < 4.78 is 0. The van der Waals surface area contributed by atoms with Crippen molar-refractivity contribution < 1.29 is 0 Å². The highest BCUT2D eigenvalue weighted by Crippen LogP contribution is 2.33. The minimum atomic E-state index is 0.633. The largest absolute Gasteiger partial charge is 0.370 e. The first-order valence-electron chi connectivity index (χ1n) is 6.92. The highest BCUT2D eigenvalue weighted by atomic mass is 35.5. The van der Waals surface area contributed by atoms with E-state index in [-0.39, 0.29) is 0 Å². The summed E-state index contributed by atoms with van der Waals surface area (Å²) in [7, 11) is 0. The number of anilines is 1. The van der Waals surface area contributed by atoms with Crippen LogP contribution >= 0.6 is 11.6 Å². The number of aromatic nitrogens is 1. The summed E-state index contributed by atoms with van der Waals surface area (Å²) >= 11 is 6.12. The number of fused-ring (bicyclic) bond motifs is 1. The maximum atomic E-state index is 9.39. The lowest BCUT2D eigenvalue weighted by Gasteiger charge is -2.34. The topological polar surface area (TPSA) is 39.9 Å². The molecule has 3 nitrogen and oxygen atoms in total. The summed E-state index contributed by atoms with van der Waals surface area (Å²) in [4.78, 5) is 6.67. The van der Waals surface area contributed by atoms with Crippen molar-refractivity contribution in [2.24, 2.45) is 5.92 Å². The fourth-order valence-corrected chi connectivity index (χ4v) is 3.14. The van der Waals surface area contributed by atoms with Crippen LogP contribution in [0.1, 0.15) is 25.3 Å². The van der Waals surface area contributed by atoms with Crippen molar-refractivity contribution in [1.29, 1.82) is 5.26 Å². The number of pyridine rings is 1. The van der Waals surface area contributed by atoms with E-state index < -0.39 is 0 Å². The smallest absolute Gasteiger partial charge is 0.103 e. The molecule has 1 atom stereocenters. The van der Waals surface area contributed by atoms with Gasteiger partial charge in [-0.1, -0.05) is 18.5 Å². The predicted molar refractivity (Wildman–Crippen MR) is 82.1 cm³/mol. The van der Waals surface area contributed by atoms with E-state index in [1.807, 2.05) is 18.2 Å². The summed E-state index contributed by atoms with van der Waals surface area (Å²) in [6, 6.07) is 7.94. The first kappa shape index (κ1) is 13.2. The van der Waals surface area contributed by atoms with Crippen molar-refractivity contribution in [1.82, 2.24) is 4.98 Å². The van der Waals surface area contributed by atoms with E-state index in [0.29, 0.717) is 16.5 Å². The second-order valence-electron chi connectivity index (χ2n) is 5.49. The molecular formula is C16H16ClN3. The van der Waals surface area contributed by atoms with Gasteiger partial charge in [0.15, 0.2) is 0 Å². The summed E-state index contributed by atoms with van der Waals surface area (Å²) in [6.45, 7) is 4.24. The van der Waals surface area contributed by atoms with Crippen LogP contribution in [0.4, 0.5) is 5.69 Å². The molecule has 2 heterocycles. The van der Waals surface area contributed by atoms with Crippen LogP contribution in [0, 0.1) is 17.2 Å². The van der Waals surface area contributed by atoms with Gasteiger partial charge in [0.1, 0.15) is 6.07 Å². The normalized spacial score (nSPS) is 19.1. The van der Waals surface area contributed by atoms with Crippen LogP contribution in [-0.2, 0) is 0 Å². The van der Waals surface area contributed by atoms with Crippen LogP contribution in [0.5, 0.6) is 0 Å². The first-order valence-corrected chi connectivity index (χ1v) is 7.30. The Morgan fingerprint density at radius 2 is 2.30 bits per heavy atom. The molecule has 1 saturated heterocycles. The van der Waals surface area contributed by atoms with E-state index in [0.717, 1.165) is 36.1 Å². The summed E-state index contributed by atoms with van der Waals surface area (Å²) in [5, 5.41) is 11.1. The van der Waals surface area contributed by atoms with Crippen molar-refractivity contribution in [3.05, 3.63) is 35.0 Å². The third kappa shape index (κ3) is 2.32. The Morgan fingerprint density at radius 1 is 1.45 bits per heavy atom. The second-order valence-corrected chi connectivity index (χ2v) is 5.92. The van der Waals surface area contributed by atoms with Gasteiger partial charge in [0, 0.05) is 29.7 Å². The molecule has 1 aromatic heterocycles. The number of nitrogens with zero attached hydrogens (tertiary/aromatic N) is 3. The van der Waals surface area contributed by atoms with Crippen LogP contribution in [0.15, 0.2) is 24.4 Å². The zero-order valence-electron chi connectivity index (χ0n) is 11.4. The fourth-order valence-electron chi connectivity index (χ4n) is 2.97. The molecule has 1 aliphatic heterocycles. The molecule has 0 aliphatic carbocycles. The minimum Gasteiger partial charge on any atom is -0.370 e. The lowest BCUT2D eigenvalue weighted by Crippen LogP contribution is -2.34. The van der Waals surface area contributed by atoms with Crippen molar-refractivity contribution in [3.8, 4) is 6.07 Å². The lowest BCUT2D eigenvalue weighted by atomic mass is 9.98. The van der Waals surface area contributed by atoms with E-state index in [2.05, 4.69) is 22.9 Å². The number of hydrogen-bond acceptors (Lipinski definition) is 3. The molecule has 4 heteroatoms. The number of benzene rings is 1. The van der Waals surface area contributed by atoms with Gasteiger partial charge >= 0.3 is 0 Å². The molecule has 1 aromatic carbocycles. The molecule has 0 spiro atoms. The molecule has 0 radical (unpaired) electrons. The standard InChI is InChI=1S/C16H16ClN3/c1-11-3-2-6-20(10-11)16-12(8-18)9-19-15-5-4-13(17)7-14(15)16/h4-5,7,9,11H,2-3,6,10H2,1H3/t11-/m0/s1. The number of piperidine rings is 1. The molecule has 1 fully saturated rings. The maximum Gasteiger partial charge on any atom is 0.103 e. The van der Waals surface area contributed by atoms with Gasteiger partial charge < -0.3 is 4.90 Å². The van der Waals surface area contributed by atoms with Gasteiger partial charge in [0.05, 0.1) is 16.8 Å². The minimum absolute atomic E-state index is 0.633. The average molecular weight is 286 g/mol. The van der Waals surface area contributed by atoms with Gasteiger partial charge in [-0.2, -0.15) is 5.26 Å². The molecule has 0 saturated carbocycles. The quantitative estimate of drug-likeness (QED) is 0.795. The van der Waals surface area contributed by atoms with Crippen LogP contribution in [0.2, 0.25) is 5.02 Å². The molecule has 0 unspecified atom stereocenters.